The zero-order valence-electron chi connectivity index (χ0n) is 16.9. The molecule has 0 unspecified atom stereocenters. The Morgan fingerprint density at radius 3 is 2.77 bits per heavy atom. The van der Waals surface area contributed by atoms with Crippen LogP contribution in [0.4, 0.5) is 10.1 Å². The second kappa shape index (κ2) is 8.06. The molecule has 1 aliphatic rings. The second-order valence-electron chi connectivity index (χ2n) is 7.11. The predicted octanol–water partition coefficient (Wildman–Crippen LogP) is 3.94. The van der Waals surface area contributed by atoms with Gasteiger partial charge in [0.1, 0.15) is 30.5 Å². The molecule has 4 aromatic rings. The summed E-state index contributed by atoms with van der Waals surface area (Å²) in [6.07, 6.45) is 1.77. The Morgan fingerprint density at radius 1 is 1.06 bits per heavy atom. The molecule has 5 rings (SSSR count). The summed E-state index contributed by atoms with van der Waals surface area (Å²) >= 11 is 0. The van der Waals surface area contributed by atoms with Gasteiger partial charge in [0.15, 0.2) is 5.84 Å². The molecular weight excluding hydrogens is 397 g/mol. The first-order valence-corrected chi connectivity index (χ1v) is 9.91. The lowest BCUT2D eigenvalue weighted by Crippen LogP contribution is -2.13. The molecule has 1 N–H and O–H groups in total. The van der Waals surface area contributed by atoms with Crippen LogP contribution in [0.15, 0.2) is 65.8 Å². The van der Waals surface area contributed by atoms with Gasteiger partial charge in [0.2, 0.25) is 5.88 Å². The summed E-state index contributed by atoms with van der Waals surface area (Å²) in [4.78, 5) is 8.98. The quantitative estimate of drug-likeness (QED) is 0.481. The second-order valence-corrected chi connectivity index (χ2v) is 7.11. The highest BCUT2D eigenvalue weighted by Gasteiger charge is 2.17. The van der Waals surface area contributed by atoms with Crippen LogP contribution in [0.2, 0.25) is 0 Å². The van der Waals surface area contributed by atoms with Crippen molar-refractivity contribution in [3.63, 3.8) is 0 Å². The van der Waals surface area contributed by atoms with Crippen LogP contribution in [0.1, 0.15) is 11.3 Å². The third-order valence-corrected chi connectivity index (χ3v) is 5.01. The highest BCUT2D eigenvalue weighted by molar-refractivity contribution is 6.09. The van der Waals surface area contributed by atoms with Crippen molar-refractivity contribution in [3.05, 3.63) is 77.9 Å². The SMILES string of the molecule is Cn1nc(OCCOc2ccc(F)cc2)c2ccc(NC3=NCc4cccnc43)cc21. The molecule has 7 nitrogen and oxygen atoms in total. The molecule has 31 heavy (non-hydrogen) atoms. The van der Waals surface area contributed by atoms with Gasteiger partial charge in [-0.2, -0.15) is 0 Å². The van der Waals surface area contributed by atoms with Gasteiger partial charge in [-0.25, -0.2) is 4.39 Å². The molecule has 3 heterocycles. The number of aliphatic imine (C=N–C) groups is 1. The van der Waals surface area contributed by atoms with E-state index in [1.165, 1.54) is 12.1 Å². The monoisotopic (exact) mass is 417 g/mol. The first kappa shape index (κ1) is 19.0. The summed E-state index contributed by atoms with van der Waals surface area (Å²) in [5, 5.41) is 8.74. The fourth-order valence-corrected chi connectivity index (χ4v) is 3.49. The molecular formula is C23H20FN5O2. The summed E-state index contributed by atoms with van der Waals surface area (Å²) in [6.45, 7) is 1.29. The van der Waals surface area contributed by atoms with E-state index in [0.717, 1.165) is 33.7 Å². The fraction of sp³-hybridized carbons (Fsp3) is 0.174. The third-order valence-electron chi connectivity index (χ3n) is 5.01. The van der Waals surface area contributed by atoms with Crippen molar-refractivity contribution in [2.45, 2.75) is 6.54 Å². The predicted molar refractivity (Wildman–Crippen MR) is 116 cm³/mol. The number of halogens is 1. The van der Waals surface area contributed by atoms with E-state index in [1.54, 1.807) is 23.0 Å². The average molecular weight is 417 g/mol. The third kappa shape index (κ3) is 3.92. The van der Waals surface area contributed by atoms with Gasteiger partial charge in [0, 0.05) is 24.5 Å². The molecule has 156 valence electrons. The van der Waals surface area contributed by atoms with Crippen molar-refractivity contribution < 1.29 is 13.9 Å². The molecule has 0 aliphatic carbocycles. The van der Waals surface area contributed by atoms with E-state index >= 15 is 0 Å². The van der Waals surface area contributed by atoms with Gasteiger partial charge in [-0.3, -0.25) is 14.7 Å². The molecule has 2 aromatic carbocycles. The molecule has 0 saturated heterocycles. The fourth-order valence-electron chi connectivity index (χ4n) is 3.49. The Balaban J connectivity index is 1.25. The van der Waals surface area contributed by atoms with Crippen LogP contribution in [0, 0.1) is 5.82 Å². The van der Waals surface area contributed by atoms with Crippen LogP contribution in [-0.2, 0) is 13.6 Å². The summed E-state index contributed by atoms with van der Waals surface area (Å²) < 4.78 is 26.1. The normalized spacial score (nSPS) is 12.5. The van der Waals surface area contributed by atoms with E-state index in [0.29, 0.717) is 31.4 Å². The number of hydrogen-bond donors (Lipinski definition) is 1. The lowest BCUT2D eigenvalue weighted by molar-refractivity contribution is 0.212. The van der Waals surface area contributed by atoms with Crippen molar-refractivity contribution >= 4 is 22.4 Å². The van der Waals surface area contributed by atoms with E-state index in [2.05, 4.69) is 20.4 Å². The zero-order chi connectivity index (χ0) is 21.2. The molecule has 1 aliphatic heterocycles. The van der Waals surface area contributed by atoms with Gasteiger partial charge in [-0.05, 0) is 48.5 Å². The molecule has 0 atom stereocenters. The first-order valence-electron chi connectivity index (χ1n) is 9.91. The van der Waals surface area contributed by atoms with Crippen LogP contribution in [0.3, 0.4) is 0 Å². The molecule has 0 amide bonds. The van der Waals surface area contributed by atoms with Gasteiger partial charge in [0.25, 0.3) is 0 Å². The first-order chi connectivity index (χ1) is 15.2. The minimum atomic E-state index is -0.294. The molecule has 0 fully saturated rings. The van der Waals surface area contributed by atoms with Crippen LogP contribution < -0.4 is 14.8 Å². The molecule has 8 heteroatoms. The van der Waals surface area contributed by atoms with Crippen molar-refractivity contribution in [2.24, 2.45) is 12.0 Å². The number of benzene rings is 2. The standard InChI is InChI=1S/C23H20FN5O2/c1-29-20-13-17(27-22-21-15(14-26-22)3-2-10-25-21)6-9-19(20)23(28-29)31-12-11-30-18-7-4-16(24)5-8-18/h2-10,13H,11-12,14H2,1H3,(H,26,27). The Bertz CT molecular complexity index is 1270. The number of fused-ring (bicyclic) bond motifs is 2. The van der Waals surface area contributed by atoms with Gasteiger partial charge in [0.05, 0.1) is 17.4 Å². The maximum atomic E-state index is 12.9. The minimum absolute atomic E-state index is 0.294. The van der Waals surface area contributed by atoms with Gasteiger partial charge >= 0.3 is 0 Å². The maximum Gasteiger partial charge on any atom is 0.240 e. The van der Waals surface area contributed by atoms with Crippen LogP contribution in [-0.4, -0.2) is 33.8 Å². The lowest BCUT2D eigenvalue weighted by Gasteiger charge is -2.08. The van der Waals surface area contributed by atoms with Gasteiger partial charge in [-0.15, -0.1) is 5.10 Å². The molecule has 0 saturated carbocycles. The van der Waals surface area contributed by atoms with E-state index in [4.69, 9.17) is 9.47 Å². The number of amidine groups is 1. The zero-order valence-corrected chi connectivity index (χ0v) is 16.9. The summed E-state index contributed by atoms with van der Waals surface area (Å²) in [7, 11) is 1.87. The number of nitrogens with zero attached hydrogens (tertiary/aromatic N) is 4. The number of ether oxygens (including phenoxy) is 2. The van der Waals surface area contributed by atoms with Gasteiger partial charge < -0.3 is 14.8 Å². The number of rotatable bonds is 6. The maximum absolute atomic E-state index is 12.9. The number of aryl methyl sites for hydroxylation is 1. The van der Waals surface area contributed by atoms with Crippen molar-refractivity contribution in [1.29, 1.82) is 0 Å². The number of aromatic nitrogens is 3. The average Bonchev–Trinajstić information content (AvgIpc) is 3.33. The Morgan fingerprint density at radius 2 is 1.90 bits per heavy atom. The Hall–Kier alpha value is -3.94. The highest BCUT2D eigenvalue weighted by Crippen LogP contribution is 2.28. The van der Waals surface area contributed by atoms with E-state index < -0.39 is 0 Å². The smallest absolute Gasteiger partial charge is 0.240 e. The number of nitrogens with one attached hydrogen (secondary N) is 1. The number of anilines is 1. The summed E-state index contributed by atoms with van der Waals surface area (Å²) in [5.74, 6) is 1.61. The Labute approximate surface area is 178 Å². The molecule has 0 spiro atoms. The van der Waals surface area contributed by atoms with E-state index in [9.17, 15) is 4.39 Å². The van der Waals surface area contributed by atoms with Gasteiger partial charge in [-0.1, -0.05) is 6.07 Å². The van der Waals surface area contributed by atoms with E-state index in [1.807, 2.05) is 37.4 Å². The largest absolute Gasteiger partial charge is 0.490 e. The topological polar surface area (TPSA) is 73.6 Å². The molecule has 0 bridgehead atoms. The van der Waals surface area contributed by atoms with Crippen molar-refractivity contribution in [3.8, 4) is 11.6 Å². The van der Waals surface area contributed by atoms with Crippen LogP contribution in [0.5, 0.6) is 11.6 Å². The van der Waals surface area contributed by atoms with Crippen molar-refractivity contribution in [2.75, 3.05) is 18.5 Å². The van der Waals surface area contributed by atoms with E-state index in [-0.39, 0.29) is 5.82 Å². The van der Waals surface area contributed by atoms with Crippen molar-refractivity contribution in [1.82, 2.24) is 14.8 Å². The molecule has 2 aromatic heterocycles. The molecule has 0 radical (unpaired) electrons. The lowest BCUT2D eigenvalue weighted by atomic mass is 10.2. The minimum Gasteiger partial charge on any atom is -0.490 e. The van der Waals surface area contributed by atoms with Crippen LogP contribution in [0.25, 0.3) is 10.9 Å². The number of hydrogen-bond acceptors (Lipinski definition) is 6. The van der Waals surface area contributed by atoms with Crippen LogP contribution >= 0.6 is 0 Å². The Kier molecular flexibility index (Phi) is 4.95. The highest BCUT2D eigenvalue weighted by atomic mass is 19.1. The number of pyridine rings is 1. The summed E-state index contributed by atoms with van der Waals surface area (Å²) in [6, 6.07) is 15.8. The summed E-state index contributed by atoms with van der Waals surface area (Å²) in [5.41, 5.74) is 3.83.